The first-order valence-electron chi connectivity index (χ1n) is 4.80. The SMILES string of the molecule is C#CCNCCN1CCSCC1C. The van der Waals surface area contributed by atoms with Gasteiger partial charge < -0.3 is 5.32 Å². The molecule has 0 aromatic rings. The molecule has 13 heavy (non-hydrogen) atoms. The van der Waals surface area contributed by atoms with E-state index in [1.165, 1.54) is 18.1 Å². The molecular formula is C10H18N2S. The van der Waals surface area contributed by atoms with Crippen molar-refractivity contribution in [1.29, 1.82) is 0 Å². The third-order valence-electron chi connectivity index (χ3n) is 2.31. The largest absolute Gasteiger partial charge is 0.305 e. The van der Waals surface area contributed by atoms with Crippen LogP contribution in [0.4, 0.5) is 0 Å². The highest BCUT2D eigenvalue weighted by atomic mass is 32.2. The summed E-state index contributed by atoms with van der Waals surface area (Å²) in [4.78, 5) is 2.53. The van der Waals surface area contributed by atoms with Gasteiger partial charge in [0.25, 0.3) is 0 Å². The monoisotopic (exact) mass is 198 g/mol. The maximum absolute atomic E-state index is 5.15. The summed E-state index contributed by atoms with van der Waals surface area (Å²) in [6, 6.07) is 0.728. The van der Waals surface area contributed by atoms with Gasteiger partial charge in [-0.3, -0.25) is 4.90 Å². The van der Waals surface area contributed by atoms with Gasteiger partial charge in [0, 0.05) is 37.2 Å². The average molecular weight is 198 g/mol. The van der Waals surface area contributed by atoms with Gasteiger partial charge in [-0.05, 0) is 6.92 Å². The molecule has 1 N–H and O–H groups in total. The van der Waals surface area contributed by atoms with E-state index in [1.807, 2.05) is 0 Å². The Morgan fingerprint density at radius 1 is 1.69 bits per heavy atom. The summed E-state index contributed by atoms with van der Waals surface area (Å²) >= 11 is 2.06. The van der Waals surface area contributed by atoms with E-state index in [4.69, 9.17) is 6.42 Å². The Hall–Kier alpha value is -0.170. The molecule has 1 fully saturated rings. The molecule has 0 bridgehead atoms. The van der Waals surface area contributed by atoms with Crippen molar-refractivity contribution in [3.8, 4) is 12.3 Å². The van der Waals surface area contributed by atoms with Crippen LogP contribution in [0.25, 0.3) is 0 Å². The number of thioether (sulfide) groups is 1. The van der Waals surface area contributed by atoms with E-state index in [2.05, 4.69) is 34.8 Å². The van der Waals surface area contributed by atoms with Crippen molar-refractivity contribution in [3.05, 3.63) is 0 Å². The highest BCUT2D eigenvalue weighted by Gasteiger charge is 2.17. The fraction of sp³-hybridized carbons (Fsp3) is 0.800. The first-order valence-corrected chi connectivity index (χ1v) is 5.96. The van der Waals surface area contributed by atoms with Gasteiger partial charge in [0.2, 0.25) is 0 Å². The molecule has 0 saturated carbocycles. The van der Waals surface area contributed by atoms with Gasteiger partial charge in [0.15, 0.2) is 0 Å². The summed E-state index contributed by atoms with van der Waals surface area (Å²) in [6.07, 6.45) is 5.15. The number of nitrogens with one attached hydrogen (secondary N) is 1. The zero-order chi connectivity index (χ0) is 9.52. The van der Waals surface area contributed by atoms with E-state index in [-0.39, 0.29) is 0 Å². The van der Waals surface area contributed by atoms with Gasteiger partial charge in [0.05, 0.1) is 6.54 Å². The lowest BCUT2D eigenvalue weighted by atomic mass is 10.3. The number of hydrogen-bond acceptors (Lipinski definition) is 3. The summed E-state index contributed by atoms with van der Waals surface area (Å²) in [5.41, 5.74) is 0. The number of nitrogens with zero attached hydrogens (tertiary/aromatic N) is 1. The van der Waals surface area contributed by atoms with Crippen molar-refractivity contribution < 1.29 is 0 Å². The Bertz CT molecular complexity index is 176. The zero-order valence-electron chi connectivity index (χ0n) is 8.25. The molecule has 2 nitrogen and oxygen atoms in total. The molecule has 0 amide bonds. The summed E-state index contributed by atoms with van der Waals surface area (Å²) in [5, 5.41) is 3.22. The fourth-order valence-corrected chi connectivity index (χ4v) is 2.56. The van der Waals surface area contributed by atoms with Crippen LogP contribution in [-0.4, -0.2) is 48.6 Å². The molecule has 0 aliphatic carbocycles. The summed E-state index contributed by atoms with van der Waals surface area (Å²) in [6.45, 7) is 6.36. The third kappa shape index (κ3) is 4.04. The lowest BCUT2D eigenvalue weighted by Crippen LogP contribution is -2.43. The van der Waals surface area contributed by atoms with Crippen LogP contribution in [0.2, 0.25) is 0 Å². The van der Waals surface area contributed by atoms with Crippen molar-refractivity contribution >= 4 is 11.8 Å². The average Bonchev–Trinajstić information content (AvgIpc) is 2.15. The van der Waals surface area contributed by atoms with E-state index in [0.29, 0.717) is 6.54 Å². The molecule has 1 aliphatic rings. The first kappa shape index (κ1) is 10.9. The molecule has 1 aliphatic heterocycles. The van der Waals surface area contributed by atoms with Crippen molar-refractivity contribution in [3.63, 3.8) is 0 Å². The van der Waals surface area contributed by atoms with E-state index in [1.54, 1.807) is 0 Å². The first-order chi connectivity index (χ1) is 6.34. The molecule has 0 spiro atoms. The van der Waals surface area contributed by atoms with E-state index in [0.717, 1.165) is 19.1 Å². The van der Waals surface area contributed by atoms with Gasteiger partial charge in [-0.25, -0.2) is 0 Å². The smallest absolute Gasteiger partial charge is 0.0574 e. The van der Waals surface area contributed by atoms with Gasteiger partial charge in [-0.1, -0.05) is 5.92 Å². The van der Waals surface area contributed by atoms with Gasteiger partial charge in [0.1, 0.15) is 0 Å². The Kier molecular flexibility index (Phi) is 5.29. The predicted molar refractivity (Wildman–Crippen MR) is 60.1 cm³/mol. The lowest BCUT2D eigenvalue weighted by Gasteiger charge is -2.32. The molecule has 3 heteroatoms. The van der Waals surface area contributed by atoms with Crippen LogP contribution < -0.4 is 5.32 Å². The minimum Gasteiger partial charge on any atom is -0.305 e. The molecule has 1 unspecified atom stereocenters. The van der Waals surface area contributed by atoms with E-state index < -0.39 is 0 Å². The van der Waals surface area contributed by atoms with Crippen LogP contribution in [0.3, 0.4) is 0 Å². The molecule has 1 heterocycles. The van der Waals surface area contributed by atoms with Crippen molar-refractivity contribution in [2.75, 3.05) is 37.7 Å². The maximum Gasteiger partial charge on any atom is 0.0574 e. The zero-order valence-corrected chi connectivity index (χ0v) is 9.07. The molecule has 0 aromatic carbocycles. The van der Waals surface area contributed by atoms with Gasteiger partial charge >= 0.3 is 0 Å². The van der Waals surface area contributed by atoms with Crippen LogP contribution in [0.1, 0.15) is 6.92 Å². The minimum atomic E-state index is 0.691. The third-order valence-corrected chi connectivity index (χ3v) is 3.50. The second-order valence-corrected chi connectivity index (χ2v) is 4.49. The van der Waals surface area contributed by atoms with Crippen molar-refractivity contribution in [1.82, 2.24) is 10.2 Å². The summed E-state index contributed by atoms with van der Waals surface area (Å²) < 4.78 is 0. The van der Waals surface area contributed by atoms with Crippen molar-refractivity contribution in [2.45, 2.75) is 13.0 Å². The molecular weight excluding hydrogens is 180 g/mol. The van der Waals surface area contributed by atoms with Crippen molar-refractivity contribution in [2.24, 2.45) is 0 Å². The van der Waals surface area contributed by atoms with E-state index in [9.17, 15) is 0 Å². The fourth-order valence-electron chi connectivity index (χ4n) is 1.48. The number of terminal acetylenes is 1. The van der Waals surface area contributed by atoms with Crippen LogP contribution >= 0.6 is 11.8 Å². The van der Waals surface area contributed by atoms with Crippen LogP contribution in [0.5, 0.6) is 0 Å². The molecule has 0 aromatic heterocycles. The standard InChI is InChI=1S/C10H18N2S/c1-3-4-11-5-6-12-7-8-13-9-10(12)2/h1,10-11H,4-9H2,2H3. The van der Waals surface area contributed by atoms with Crippen LogP contribution in [-0.2, 0) is 0 Å². The lowest BCUT2D eigenvalue weighted by molar-refractivity contribution is 0.234. The molecule has 1 saturated heterocycles. The molecule has 1 rings (SSSR count). The Morgan fingerprint density at radius 2 is 2.54 bits per heavy atom. The Balaban J connectivity index is 2.09. The van der Waals surface area contributed by atoms with Crippen LogP contribution in [0.15, 0.2) is 0 Å². The summed E-state index contributed by atoms with van der Waals surface area (Å²) in [7, 11) is 0. The topological polar surface area (TPSA) is 15.3 Å². The highest BCUT2D eigenvalue weighted by molar-refractivity contribution is 7.99. The minimum absolute atomic E-state index is 0.691. The number of hydrogen-bond donors (Lipinski definition) is 1. The van der Waals surface area contributed by atoms with Gasteiger partial charge in [-0.2, -0.15) is 11.8 Å². The Labute approximate surface area is 85.4 Å². The molecule has 0 radical (unpaired) electrons. The molecule has 1 atom stereocenters. The highest BCUT2D eigenvalue weighted by Crippen LogP contribution is 2.14. The molecule has 74 valence electrons. The number of rotatable bonds is 4. The maximum atomic E-state index is 5.15. The van der Waals surface area contributed by atoms with E-state index >= 15 is 0 Å². The second kappa shape index (κ2) is 6.31. The van der Waals surface area contributed by atoms with Gasteiger partial charge in [-0.15, -0.1) is 6.42 Å². The quantitative estimate of drug-likeness (QED) is 0.527. The normalized spacial score (nSPS) is 24.2. The second-order valence-electron chi connectivity index (χ2n) is 3.34. The Morgan fingerprint density at radius 3 is 3.23 bits per heavy atom. The van der Waals surface area contributed by atoms with Crippen LogP contribution in [0, 0.1) is 12.3 Å². The summed E-state index contributed by atoms with van der Waals surface area (Å²) in [5.74, 6) is 5.13. The predicted octanol–water partition coefficient (Wildman–Crippen LogP) is 0.647.